The number of hydrogen-bond donors (Lipinski definition) is 1. The number of nitrogens with one attached hydrogen (secondary N) is 1. The lowest BCUT2D eigenvalue weighted by Crippen LogP contribution is -2.50. The molecule has 2 amide bonds. The Kier molecular flexibility index (Phi) is 9.57. The maximum absolute atomic E-state index is 13.2. The molecule has 0 saturated carbocycles. The van der Waals surface area contributed by atoms with Crippen LogP contribution in [0.4, 0.5) is 0 Å². The molecule has 0 fully saturated rings. The molecule has 168 valence electrons. The van der Waals surface area contributed by atoms with E-state index < -0.39 is 6.04 Å². The van der Waals surface area contributed by atoms with Gasteiger partial charge in [-0.25, -0.2) is 0 Å². The van der Waals surface area contributed by atoms with Crippen LogP contribution >= 0.6 is 0 Å². The van der Waals surface area contributed by atoms with Gasteiger partial charge >= 0.3 is 0 Å². The topological polar surface area (TPSA) is 58.6 Å². The van der Waals surface area contributed by atoms with Gasteiger partial charge in [-0.05, 0) is 62.4 Å². The molecule has 1 atom stereocenters. The molecule has 0 spiro atoms. The van der Waals surface area contributed by atoms with Gasteiger partial charge in [0.05, 0.1) is 0 Å². The van der Waals surface area contributed by atoms with Gasteiger partial charge in [-0.15, -0.1) is 0 Å². The summed E-state index contributed by atoms with van der Waals surface area (Å²) < 4.78 is 5.79. The fourth-order valence-corrected chi connectivity index (χ4v) is 3.35. The van der Waals surface area contributed by atoms with Crippen molar-refractivity contribution in [1.29, 1.82) is 0 Å². The van der Waals surface area contributed by atoms with E-state index in [1.807, 2.05) is 70.2 Å². The van der Waals surface area contributed by atoms with E-state index in [0.29, 0.717) is 25.3 Å². The minimum absolute atomic E-state index is 0.104. The molecular formula is C26H36N2O3. The molecule has 0 bridgehead atoms. The Bertz CT molecular complexity index is 861. The Morgan fingerprint density at radius 2 is 1.71 bits per heavy atom. The first-order valence-electron chi connectivity index (χ1n) is 11.2. The van der Waals surface area contributed by atoms with Crippen LogP contribution in [0.15, 0.2) is 42.5 Å². The summed E-state index contributed by atoms with van der Waals surface area (Å²) in [5, 5.41) is 2.98. The molecule has 2 aromatic rings. The maximum Gasteiger partial charge on any atom is 0.261 e. The maximum atomic E-state index is 13.2. The van der Waals surface area contributed by atoms with E-state index in [0.717, 1.165) is 29.5 Å². The van der Waals surface area contributed by atoms with E-state index in [2.05, 4.69) is 12.2 Å². The Morgan fingerprint density at radius 1 is 1.00 bits per heavy atom. The lowest BCUT2D eigenvalue weighted by Gasteiger charge is -2.30. The summed E-state index contributed by atoms with van der Waals surface area (Å²) in [6, 6.07) is 13.3. The van der Waals surface area contributed by atoms with E-state index >= 15 is 0 Å². The quantitative estimate of drug-likeness (QED) is 0.531. The van der Waals surface area contributed by atoms with Gasteiger partial charge in [0.2, 0.25) is 5.91 Å². The summed E-state index contributed by atoms with van der Waals surface area (Å²) >= 11 is 0. The Labute approximate surface area is 186 Å². The zero-order chi connectivity index (χ0) is 22.8. The first-order chi connectivity index (χ1) is 14.8. The summed E-state index contributed by atoms with van der Waals surface area (Å²) in [5.41, 5.74) is 4.44. The number of nitrogens with zero attached hydrogens (tertiary/aromatic N) is 1. The van der Waals surface area contributed by atoms with Gasteiger partial charge in [0, 0.05) is 13.1 Å². The predicted octanol–water partition coefficient (Wildman–Crippen LogP) is 4.71. The summed E-state index contributed by atoms with van der Waals surface area (Å²) in [4.78, 5) is 27.7. The van der Waals surface area contributed by atoms with Crippen LogP contribution in [0, 0.1) is 20.8 Å². The van der Waals surface area contributed by atoms with Gasteiger partial charge < -0.3 is 15.0 Å². The first kappa shape index (κ1) is 24.4. The predicted molar refractivity (Wildman–Crippen MR) is 125 cm³/mol. The highest BCUT2D eigenvalue weighted by molar-refractivity contribution is 5.88. The third-order valence-electron chi connectivity index (χ3n) is 5.53. The molecule has 2 aromatic carbocycles. The first-order valence-corrected chi connectivity index (χ1v) is 11.2. The Hall–Kier alpha value is -2.82. The summed E-state index contributed by atoms with van der Waals surface area (Å²) in [5.74, 6) is 0.353. The number of unbranched alkanes of at least 4 members (excludes halogenated alkanes) is 1. The molecule has 0 aromatic heterocycles. The number of hydrogen-bond acceptors (Lipinski definition) is 3. The van der Waals surface area contributed by atoms with Crippen molar-refractivity contribution >= 4 is 11.8 Å². The normalized spacial score (nSPS) is 11.6. The summed E-state index contributed by atoms with van der Waals surface area (Å²) in [7, 11) is 0. The number of aryl methyl sites for hydroxylation is 3. The second kappa shape index (κ2) is 12.1. The molecule has 5 nitrogen and oxygen atoms in total. The van der Waals surface area contributed by atoms with Gasteiger partial charge in [-0.1, -0.05) is 56.2 Å². The van der Waals surface area contributed by atoms with E-state index in [4.69, 9.17) is 4.74 Å². The largest absolute Gasteiger partial charge is 0.484 e. The molecule has 2 rings (SSSR count). The van der Waals surface area contributed by atoms with Crippen LogP contribution < -0.4 is 10.1 Å². The van der Waals surface area contributed by atoms with Gasteiger partial charge in [-0.3, -0.25) is 9.59 Å². The van der Waals surface area contributed by atoms with Gasteiger partial charge in [0.1, 0.15) is 11.8 Å². The van der Waals surface area contributed by atoms with E-state index in [1.54, 1.807) is 4.90 Å². The molecule has 0 aliphatic rings. The Balaban J connectivity index is 2.17. The zero-order valence-electron chi connectivity index (χ0n) is 19.5. The van der Waals surface area contributed by atoms with E-state index in [1.165, 1.54) is 5.56 Å². The van der Waals surface area contributed by atoms with Crippen LogP contribution in [0.25, 0.3) is 0 Å². The molecule has 1 N–H and O–H groups in total. The average Bonchev–Trinajstić information content (AvgIpc) is 2.75. The highest BCUT2D eigenvalue weighted by Crippen LogP contribution is 2.18. The summed E-state index contributed by atoms with van der Waals surface area (Å²) in [6.07, 6.45) is 2.47. The molecule has 5 heteroatoms. The Morgan fingerprint density at radius 3 is 2.32 bits per heavy atom. The van der Waals surface area contributed by atoms with Crippen molar-refractivity contribution in [2.24, 2.45) is 0 Å². The van der Waals surface area contributed by atoms with Crippen molar-refractivity contribution in [3.8, 4) is 5.75 Å². The average molecular weight is 425 g/mol. The van der Waals surface area contributed by atoms with Crippen LogP contribution in [0.5, 0.6) is 5.75 Å². The van der Waals surface area contributed by atoms with E-state index in [9.17, 15) is 9.59 Å². The van der Waals surface area contributed by atoms with Crippen LogP contribution in [-0.4, -0.2) is 35.9 Å². The lowest BCUT2D eigenvalue weighted by atomic mass is 10.1. The number of rotatable bonds is 11. The monoisotopic (exact) mass is 424 g/mol. The van der Waals surface area contributed by atoms with E-state index in [-0.39, 0.29) is 18.4 Å². The fraction of sp³-hybridized carbons (Fsp3) is 0.462. The smallest absolute Gasteiger partial charge is 0.261 e. The second-order valence-electron chi connectivity index (χ2n) is 8.11. The van der Waals surface area contributed by atoms with Crippen molar-refractivity contribution in [3.05, 3.63) is 64.7 Å². The highest BCUT2D eigenvalue weighted by atomic mass is 16.5. The number of carbonyl (C=O) groups is 2. The fourth-order valence-electron chi connectivity index (χ4n) is 3.35. The number of ether oxygens (including phenoxy) is 1. The minimum atomic E-state index is -0.533. The molecule has 0 heterocycles. The zero-order valence-corrected chi connectivity index (χ0v) is 19.5. The summed E-state index contributed by atoms with van der Waals surface area (Å²) in [6.45, 7) is 11.0. The molecule has 31 heavy (non-hydrogen) atoms. The molecule has 0 aliphatic carbocycles. The number of carbonyl (C=O) groups excluding carboxylic acids is 2. The van der Waals surface area contributed by atoms with Crippen molar-refractivity contribution in [1.82, 2.24) is 10.2 Å². The second-order valence-corrected chi connectivity index (χ2v) is 8.11. The van der Waals surface area contributed by atoms with Crippen LogP contribution in [-0.2, 0) is 16.1 Å². The molecule has 0 aliphatic heterocycles. The molecule has 0 saturated heterocycles. The third kappa shape index (κ3) is 7.42. The number of amides is 2. The number of benzene rings is 2. The van der Waals surface area contributed by atoms with Crippen molar-refractivity contribution in [2.45, 2.75) is 66.5 Å². The van der Waals surface area contributed by atoms with Gasteiger partial charge in [-0.2, -0.15) is 0 Å². The van der Waals surface area contributed by atoms with Crippen molar-refractivity contribution in [3.63, 3.8) is 0 Å². The molecule has 0 radical (unpaired) electrons. The lowest BCUT2D eigenvalue weighted by molar-refractivity contribution is -0.143. The SMILES string of the molecule is CCCCNC(=O)C(CC)N(Cc1ccc(C)cc1)C(=O)COc1ccc(C)c(C)c1. The molecular weight excluding hydrogens is 388 g/mol. The van der Waals surface area contributed by atoms with Gasteiger partial charge in [0.25, 0.3) is 5.91 Å². The van der Waals surface area contributed by atoms with Gasteiger partial charge in [0.15, 0.2) is 6.61 Å². The van der Waals surface area contributed by atoms with Crippen molar-refractivity contribution < 1.29 is 14.3 Å². The molecule has 1 unspecified atom stereocenters. The third-order valence-corrected chi connectivity index (χ3v) is 5.53. The standard InChI is InChI=1S/C26H36N2O3/c1-6-8-15-27-26(30)24(7-2)28(17-22-12-9-19(3)10-13-22)25(29)18-31-23-14-11-20(4)21(5)16-23/h9-14,16,24H,6-8,15,17-18H2,1-5H3,(H,27,30). The van der Waals surface area contributed by atoms with Crippen LogP contribution in [0.2, 0.25) is 0 Å². The van der Waals surface area contributed by atoms with Crippen molar-refractivity contribution in [2.75, 3.05) is 13.2 Å². The van der Waals surface area contributed by atoms with Crippen LogP contribution in [0.1, 0.15) is 55.4 Å². The minimum Gasteiger partial charge on any atom is -0.484 e. The van der Waals surface area contributed by atoms with Crippen LogP contribution in [0.3, 0.4) is 0 Å². The highest BCUT2D eigenvalue weighted by Gasteiger charge is 2.28.